The van der Waals surface area contributed by atoms with Crippen molar-refractivity contribution in [3.8, 4) is 0 Å². The molecule has 2 atom stereocenters. The van der Waals surface area contributed by atoms with E-state index in [9.17, 15) is 4.39 Å². The van der Waals surface area contributed by atoms with E-state index in [0.717, 1.165) is 6.42 Å². The van der Waals surface area contributed by atoms with Gasteiger partial charge < -0.3 is 5.73 Å². The number of rotatable bonds is 1. The number of hydrogen-bond acceptors (Lipinski definition) is 3. The maximum atomic E-state index is 14.2. The molecule has 1 aromatic rings. The normalized spacial score (nSPS) is 33.9. The fraction of sp³-hybridized carbons (Fsp3) is 0.750. The minimum Gasteiger partial charge on any atom is -0.328 e. The summed E-state index contributed by atoms with van der Waals surface area (Å²) in [6, 6.07) is -0.0279. The highest BCUT2D eigenvalue weighted by Gasteiger charge is 2.41. The molecule has 1 aromatic heterocycles. The molecule has 0 radical (unpaired) electrons. The summed E-state index contributed by atoms with van der Waals surface area (Å²) >= 11 is 0. The Morgan fingerprint density at radius 1 is 1.77 bits per heavy atom. The zero-order chi connectivity index (χ0) is 9.47. The van der Waals surface area contributed by atoms with E-state index in [2.05, 4.69) is 10.3 Å². The highest BCUT2D eigenvalue weighted by molar-refractivity contribution is 5.12. The van der Waals surface area contributed by atoms with Gasteiger partial charge in [0.05, 0.1) is 11.9 Å². The molecular weight excluding hydrogens is 171 g/mol. The highest BCUT2D eigenvalue weighted by atomic mass is 19.1. The van der Waals surface area contributed by atoms with Gasteiger partial charge in [0.15, 0.2) is 5.67 Å². The third-order valence-corrected chi connectivity index (χ3v) is 2.67. The van der Waals surface area contributed by atoms with Crippen LogP contribution >= 0.6 is 0 Å². The van der Waals surface area contributed by atoms with Crippen molar-refractivity contribution in [2.24, 2.45) is 12.8 Å². The summed E-state index contributed by atoms with van der Waals surface area (Å²) in [4.78, 5) is 0. The SMILES string of the molecule is Cn1nncc1C1(F)CCC(N)C1. The standard InChI is InChI=1S/C8H13FN4/c1-13-7(5-11-12-13)8(9)3-2-6(10)4-8/h5-6H,2-4,10H2,1H3. The third-order valence-electron chi connectivity index (χ3n) is 2.67. The first kappa shape index (κ1) is 8.62. The molecule has 1 saturated carbocycles. The summed E-state index contributed by atoms with van der Waals surface area (Å²) < 4.78 is 15.7. The molecule has 0 aromatic carbocycles. The van der Waals surface area contributed by atoms with Gasteiger partial charge in [-0.1, -0.05) is 5.21 Å². The van der Waals surface area contributed by atoms with Crippen molar-refractivity contribution < 1.29 is 4.39 Å². The van der Waals surface area contributed by atoms with Gasteiger partial charge in [-0.05, 0) is 12.8 Å². The van der Waals surface area contributed by atoms with Gasteiger partial charge >= 0.3 is 0 Å². The van der Waals surface area contributed by atoms with Crippen molar-refractivity contribution in [2.45, 2.75) is 31.0 Å². The average Bonchev–Trinajstić information content (AvgIpc) is 2.59. The molecular formula is C8H13FN4. The molecule has 2 rings (SSSR count). The summed E-state index contributed by atoms with van der Waals surface area (Å²) in [6.45, 7) is 0. The van der Waals surface area contributed by atoms with Crippen LogP contribution < -0.4 is 5.73 Å². The van der Waals surface area contributed by atoms with Crippen LogP contribution in [-0.4, -0.2) is 21.0 Å². The van der Waals surface area contributed by atoms with Crippen molar-refractivity contribution in [3.63, 3.8) is 0 Å². The summed E-state index contributed by atoms with van der Waals surface area (Å²) in [6.07, 6.45) is 3.09. The third kappa shape index (κ3) is 1.33. The van der Waals surface area contributed by atoms with Crippen LogP contribution in [0.3, 0.4) is 0 Å². The lowest BCUT2D eigenvalue weighted by atomic mass is 10.0. The van der Waals surface area contributed by atoms with Gasteiger partial charge in [0.1, 0.15) is 0 Å². The molecule has 1 fully saturated rings. The molecule has 0 saturated heterocycles. The van der Waals surface area contributed by atoms with Crippen LogP contribution in [0.1, 0.15) is 25.0 Å². The lowest BCUT2D eigenvalue weighted by molar-refractivity contribution is 0.159. The Labute approximate surface area is 75.9 Å². The predicted molar refractivity (Wildman–Crippen MR) is 45.6 cm³/mol. The molecule has 5 heteroatoms. The van der Waals surface area contributed by atoms with Crippen molar-refractivity contribution in [3.05, 3.63) is 11.9 Å². The number of nitrogens with two attached hydrogens (primary N) is 1. The Morgan fingerprint density at radius 3 is 3.00 bits per heavy atom. The van der Waals surface area contributed by atoms with Crippen LogP contribution in [-0.2, 0) is 12.7 Å². The van der Waals surface area contributed by atoms with E-state index in [0.29, 0.717) is 18.5 Å². The van der Waals surface area contributed by atoms with Crippen LogP contribution in [0.5, 0.6) is 0 Å². The first-order chi connectivity index (χ1) is 6.12. The van der Waals surface area contributed by atoms with E-state index in [-0.39, 0.29) is 6.04 Å². The van der Waals surface area contributed by atoms with E-state index < -0.39 is 5.67 Å². The van der Waals surface area contributed by atoms with E-state index >= 15 is 0 Å². The van der Waals surface area contributed by atoms with Crippen LogP contribution in [0, 0.1) is 0 Å². The van der Waals surface area contributed by atoms with Crippen LogP contribution in [0.15, 0.2) is 6.20 Å². The maximum Gasteiger partial charge on any atom is 0.155 e. The molecule has 0 amide bonds. The number of hydrogen-bond donors (Lipinski definition) is 1. The molecule has 72 valence electrons. The molecule has 0 spiro atoms. The lowest BCUT2D eigenvalue weighted by Gasteiger charge is -2.18. The van der Waals surface area contributed by atoms with Crippen molar-refractivity contribution >= 4 is 0 Å². The Hall–Kier alpha value is -0.970. The first-order valence-electron chi connectivity index (χ1n) is 4.41. The maximum absolute atomic E-state index is 14.2. The molecule has 0 bridgehead atoms. The molecule has 2 N–H and O–H groups in total. The van der Waals surface area contributed by atoms with E-state index in [1.54, 1.807) is 7.05 Å². The summed E-state index contributed by atoms with van der Waals surface area (Å²) in [5.74, 6) is 0. The second-order valence-corrected chi connectivity index (χ2v) is 3.71. The second kappa shape index (κ2) is 2.77. The Balaban J connectivity index is 2.30. The van der Waals surface area contributed by atoms with Crippen molar-refractivity contribution in [1.29, 1.82) is 0 Å². The summed E-state index contributed by atoms with van der Waals surface area (Å²) in [5, 5.41) is 7.39. The highest BCUT2D eigenvalue weighted by Crippen LogP contribution is 2.41. The quantitative estimate of drug-likeness (QED) is 0.691. The molecule has 1 aliphatic rings. The summed E-state index contributed by atoms with van der Waals surface area (Å²) in [5.41, 5.74) is 4.91. The van der Waals surface area contributed by atoms with E-state index in [4.69, 9.17) is 5.73 Å². The minimum atomic E-state index is -1.31. The van der Waals surface area contributed by atoms with Gasteiger partial charge in [0.25, 0.3) is 0 Å². The van der Waals surface area contributed by atoms with Gasteiger partial charge in [-0.3, -0.25) is 0 Å². The number of halogens is 1. The predicted octanol–water partition coefficient (Wildman–Crippen LogP) is 0.491. The smallest absolute Gasteiger partial charge is 0.155 e. The summed E-state index contributed by atoms with van der Waals surface area (Å²) in [7, 11) is 1.70. The van der Waals surface area contributed by atoms with Crippen molar-refractivity contribution in [1.82, 2.24) is 15.0 Å². The number of aromatic nitrogens is 3. The zero-order valence-corrected chi connectivity index (χ0v) is 7.57. The second-order valence-electron chi connectivity index (χ2n) is 3.71. The van der Waals surface area contributed by atoms with E-state index in [1.165, 1.54) is 10.9 Å². The van der Waals surface area contributed by atoms with Gasteiger partial charge in [-0.25, -0.2) is 9.07 Å². The van der Waals surface area contributed by atoms with Gasteiger partial charge in [-0.15, -0.1) is 5.10 Å². The lowest BCUT2D eigenvalue weighted by Crippen LogP contribution is -2.23. The van der Waals surface area contributed by atoms with Gasteiger partial charge in [-0.2, -0.15) is 0 Å². The van der Waals surface area contributed by atoms with Crippen LogP contribution in [0.4, 0.5) is 4.39 Å². The minimum absolute atomic E-state index is 0.0279. The fourth-order valence-corrected chi connectivity index (χ4v) is 1.96. The first-order valence-corrected chi connectivity index (χ1v) is 4.41. The molecule has 4 nitrogen and oxygen atoms in total. The Kier molecular flexibility index (Phi) is 1.83. The Bertz CT molecular complexity index is 311. The van der Waals surface area contributed by atoms with Crippen LogP contribution in [0.2, 0.25) is 0 Å². The largest absolute Gasteiger partial charge is 0.328 e. The topological polar surface area (TPSA) is 56.7 Å². The molecule has 1 aliphatic carbocycles. The van der Waals surface area contributed by atoms with E-state index in [1.807, 2.05) is 0 Å². The monoisotopic (exact) mass is 184 g/mol. The number of alkyl halides is 1. The van der Waals surface area contributed by atoms with Gasteiger partial charge in [0, 0.05) is 19.5 Å². The molecule has 0 aliphatic heterocycles. The number of nitrogens with zero attached hydrogens (tertiary/aromatic N) is 3. The Morgan fingerprint density at radius 2 is 2.54 bits per heavy atom. The van der Waals surface area contributed by atoms with Crippen molar-refractivity contribution in [2.75, 3.05) is 0 Å². The van der Waals surface area contributed by atoms with Crippen LogP contribution in [0.25, 0.3) is 0 Å². The molecule has 2 unspecified atom stereocenters. The average molecular weight is 184 g/mol. The number of aryl methyl sites for hydroxylation is 1. The fourth-order valence-electron chi connectivity index (χ4n) is 1.96. The molecule has 1 heterocycles. The zero-order valence-electron chi connectivity index (χ0n) is 7.57. The van der Waals surface area contributed by atoms with Gasteiger partial charge in [0.2, 0.25) is 0 Å². The molecule has 13 heavy (non-hydrogen) atoms.